The fraction of sp³-hybridized carbons (Fsp3) is 0.222. The summed E-state index contributed by atoms with van der Waals surface area (Å²) in [6, 6.07) is 6.99. The van der Waals surface area contributed by atoms with Crippen molar-refractivity contribution in [3.05, 3.63) is 29.8 Å². The highest BCUT2D eigenvalue weighted by molar-refractivity contribution is 8.13. The highest BCUT2D eigenvalue weighted by Crippen LogP contribution is 2.17. The molecule has 1 unspecified atom stereocenters. The van der Waals surface area contributed by atoms with Crippen molar-refractivity contribution in [2.75, 3.05) is 12.5 Å². The predicted molar refractivity (Wildman–Crippen MR) is 56.6 cm³/mol. The third kappa shape index (κ3) is 2.42. The summed E-state index contributed by atoms with van der Waals surface area (Å²) in [7, 11) is -1.10. The van der Waals surface area contributed by atoms with Crippen molar-refractivity contribution in [1.82, 2.24) is 0 Å². The summed E-state index contributed by atoms with van der Waals surface area (Å²) in [5.41, 5.74) is 0.552. The molecule has 0 saturated heterocycles. The molecule has 1 aromatic carbocycles. The summed E-state index contributed by atoms with van der Waals surface area (Å²) < 4.78 is 11.2. The van der Waals surface area contributed by atoms with Gasteiger partial charge in [0.1, 0.15) is 0 Å². The van der Waals surface area contributed by atoms with Gasteiger partial charge in [0.2, 0.25) is 5.12 Å². The van der Waals surface area contributed by atoms with Gasteiger partial charge in [-0.05, 0) is 18.4 Å². The normalized spacial score (nSPS) is 12.5. The smallest absolute Gasteiger partial charge is 0.220 e. The fourth-order valence-electron chi connectivity index (χ4n) is 0.996. The second kappa shape index (κ2) is 4.58. The lowest BCUT2D eigenvalue weighted by Crippen LogP contribution is -2.00. The van der Waals surface area contributed by atoms with E-state index in [1.54, 1.807) is 36.8 Å². The molecule has 0 N–H and O–H groups in total. The van der Waals surface area contributed by atoms with Crippen molar-refractivity contribution in [3.63, 3.8) is 0 Å². The molecule has 0 saturated carbocycles. The minimum absolute atomic E-state index is 0.0363. The minimum Gasteiger partial charge on any atom is -0.282 e. The highest BCUT2D eigenvalue weighted by Gasteiger charge is 2.11. The van der Waals surface area contributed by atoms with E-state index in [4.69, 9.17) is 0 Å². The van der Waals surface area contributed by atoms with Gasteiger partial charge in [-0.2, -0.15) is 0 Å². The molecule has 0 spiro atoms. The molecule has 2 nitrogen and oxygen atoms in total. The highest BCUT2D eigenvalue weighted by atomic mass is 32.2. The third-order valence-electron chi connectivity index (χ3n) is 1.60. The number of rotatable bonds is 2. The van der Waals surface area contributed by atoms with E-state index < -0.39 is 10.8 Å². The number of hydrogen-bond donors (Lipinski definition) is 0. The largest absolute Gasteiger partial charge is 0.282 e. The second-order valence-electron chi connectivity index (χ2n) is 2.44. The zero-order chi connectivity index (χ0) is 9.84. The first-order valence-corrected chi connectivity index (χ1v) is 6.46. The Balaban J connectivity index is 3.19. The molecule has 0 fully saturated rings. The van der Waals surface area contributed by atoms with Crippen molar-refractivity contribution in [2.45, 2.75) is 4.90 Å². The van der Waals surface area contributed by atoms with Crippen LogP contribution >= 0.6 is 11.8 Å². The maximum Gasteiger partial charge on any atom is 0.220 e. The molecular formula is C9H10O2S2. The van der Waals surface area contributed by atoms with Gasteiger partial charge in [0.15, 0.2) is 0 Å². The molecular weight excluding hydrogens is 204 g/mol. The minimum atomic E-state index is -1.10. The SMILES string of the molecule is CSC(=O)c1ccccc1S(C)=O. The van der Waals surface area contributed by atoms with Crippen molar-refractivity contribution >= 4 is 27.7 Å². The Hall–Kier alpha value is -0.610. The molecule has 1 aromatic rings. The monoisotopic (exact) mass is 214 g/mol. The summed E-state index contributed by atoms with van der Waals surface area (Å²) in [5.74, 6) is 0. The molecule has 0 amide bonds. The fourth-order valence-corrected chi connectivity index (χ4v) is 2.20. The Morgan fingerprint density at radius 3 is 2.54 bits per heavy atom. The molecule has 0 aliphatic carbocycles. The number of carbonyl (C=O) groups is 1. The second-order valence-corrected chi connectivity index (χ2v) is 4.57. The van der Waals surface area contributed by atoms with E-state index in [0.29, 0.717) is 10.5 Å². The van der Waals surface area contributed by atoms with E-state index in [9.17, 15) is 9.00 Å². The lowest BCUT2D eigenvalue weighted by molar-refractivity contribution is 0.108. The zero-order valence-corrected chi connectivity index (χ0v) is 9.08. The topological polar surface area (TPSA) is 34.1 Å². The molecule has 4 heteroatoms. The van der Waals surface area contributed by atoms with Crippen LogP contribution in [0.15, 0.2) is 29.2 Å². The van der Waals surface area contributed by atoms with Gasteiger partial charge in [0.25, 0.3) is 0 Å². The molecule has 0 aliphatic heterocycles. The molecule has 0 radical (unpaired) electrons. The Kier molecular flexibility index (Phi) is 3.69. The first-order valence-electron chi connectivity index (χ1n) is 3.67. The Labute approximate surface area is 84.2 Å². The third-order valence-corrected chi connectivity index (χ3v) is 3.17. The van der Waals surface area contributed by atoms with Crippen LogP contribution in [0.2, 0.25) is 0 Å². The number of hydrogen-bond acceptors (Lipinski definition) is 3. The van der Waals surface area contributed by atoms with Gasteiger partial charge >= 0.3 is 0 Å². The summed E-state index contributed by atoms with van der Waals surface area (Å²) >= 11 is 1.14. The first-order chi connectivity index (χ1) is 6.16. The van der Waals surface area contributed by atoms with Gasteiger partial charge in [-0.25, -0.2) is 0 Å². The van der Waals surface area contributed by atoms with Gasteiger partial charge in [-0.1, -0.05) is 23.9 Å². The van der Waals surface area contributed by atoms with Crippen LogP contribution in [0.3, 0.4) is 0 Å². The average molecular weight is 214 g/mol. The zero-order valence-electron chi connectivity index (χ0n) is 7.44. The molecule has 0 bridgehead atoms. The van der Waals surface area contributed by atoms with Gasteiger partial charge < -0.3 is 0 Å². The number of carbonyl (C=O) groups excluding carboxylic acids is 1. The molecule has 0 aliphatic rings. The maximum atomic E-state index is 11.4. The van der Waals surface area contributed by atoms with Crippen LogP contribution in [0.5, 0.6) is 0 Å². The van der Waals surface area contributed by atoms with Crippen molar-refractivity contribution < 1.29 is 9.00 Å². The number of benzene rings is 1. The molecule has 0 aromatic heterocycles. The van der Waals surface area contributed by atoms with E-state index >= 15 is 0 Å². The Bertz CT molecular complexity index is 347. The van der Waals surface area contributed by atoms with Crippen LogP contribution in [-0.2, 0) is 10.8 Å². The standard InChI is InChI=1S/C9H10O2S2/c1-12-9(10)7-5-3-4-6-8(7)13(2)11/h3-6H,1-2H3. The van der Waals surface area contributed by atoms with E-state index in [1.165, 1.54) is 0 Å². The van der Waals surface area contributed by atoms with Crippen LogP contribution in [0.1, 0.15) is 10.4 Å². The lowest BCUT2D eigenvalue weighted by atomic mass is 10.2. The molecule has 1 atom stereocenters. The maximum absolute atomic E-state index is 11.4. The summed E-state index contributed by atoms with van der Waals surface area (Å²) in [4.78, 5) is 12.0. The van der Waals surface area contributed by atoms with E-state index in [1.807, 2.05) is 0 Å². The Morgan fingerprint density at radius 1 is 1.38 bits per heavy atom. The number of thioether (sulfide) groups is 1. The van der Waals surface area contributed by atoms with Crippen LogP contribution < -0.4 is 0 Å². The van der Waals surface area contributed by atoms with E-state index in [-0.39, 0.29) is 5.12 Å². The van der Waals surface area contributed by atoms with Gasteiger partial charge in [-0.15, -0.1) is 0 Å². The molecule has 13 heavy (non-hydrogen) atoms. The van der Waals surface area contributed by atoms with Crippen LogP contribution in [-0.4, -0.2) is 21.8 Å². The summed E-state index contributed by atoms with van der Waals surface area (Å²) in [6.45, 7) is 0. The Morgan fingerprint density at radius 2 is 2.00 bits per heavy atom. The lowest BCUT2D eigenvalue weighted by Gasteiger charge is -2.02. The van der Waals surface area contributed by atoms with E-state index in [0.717, 1.165) is 11.8 Å². The van der Waals surface area contributed by atoms with Crippen molar-refractivity contribution in [3.8, 4) is 0 Å². The summed E-state index contributed by atoms with van der Waals surface area (Å²) in [5, 5.41) is -0.0363. The van der Waals surface area contributed by atoms with Gasteiger partial charge in [0.05, 0.1) is 15.7 Å². The molecule has 0 heterocycles. The van der Waals surface area contributed by atoms with Gasteiger partial charge in [-0.3, -0.25) is 9.00 Å². The van der Waals surface area contributed by atoms with Crippen molar-refractivity contribution in [1.29, 1.82) is 0 Å². The summed E-state index contributed by atoms with van der Waals surface area (Å²) in [6.07, 6.45) is 3.30. The molecule has 70 valence electrons. The van der Waals surface area contributed by atoms with Gasteiger partial charge in [0, 0.05) is 11.8 Å². The van der Waals surface area contributed by atoms with Crippen LogP contribution in [0, 0.1) is 0 Å². The average Bonchev–Trinajstić information content (AvgIpc) is 2.16. The quantitative estimate of drug-likeness (QED) is 0.754. The van der Waals surface area contributed by atoms with Crippen LogP contribution in [0.4, 0.5) is 0 Å². The molecule has 1 rings (SSSR count). The van der Waals surface area contributed by atoms with E-state index in [2.05, 4.69) is 0 Å². The predicted octanol–water partition coefficient (Wildman–Crippen LogP) is 1.93. The first kappa shape index (κ1) is 10.5. The van der Waals surface area contributed by atoms with Crippen molar-refractivity contribution in [2.24, 2.45) is 0 Å². The van der Waals surface area contributed by atoms with Crippen LogP contribution in [0.25, 0.3) is 0 Å².